The molecule has 2 amide bonds. The molecule has 96 valence electrons. The van der Waals surface area contributed by atoms with E-state index in [-0.39, 0.29) is 17.9 Å². The van der Waals surface area contributed by atoms with Crippen molar-refractivity contribution in [2.24, 2.45) is 0 Å². The van der Waals surface area contributed by atoms with E-state index in [1.54, 1.807) is 6.07 Å². The van der Waals surface area contributed by atoms with Gasteiger partial charge in [0, 0.05) is 28.4 Å². The Kier molecular flexibility index (Phi) is 3.74. The van der Waals surface area contributed by atoms with Gasteiger partial charge in [-0.1, -0.05) is 0 Å². The molecule has 6 heteroatoms. The molecule has 1 heterocycles. The van der Waals surface area contributed by atoms with E-state index in [0.717, 1.165) is 9.26 Å². The van der Waals surface area contributed by atoms with Crippen molar-refractivity contribution < 1.29 is 9.59 Å². The number of nitrogens with two attached hydrogens (primary N) is 1. The molecular formula is C12H14IN3O2. The zero-order valence-electron chi connectivity index (χ0n) is 9.94. The van der Waals surface area contributed by atoms with Crippen molar-refractivity contribution in [2.75, 3.05) is 18.1 Å². The lowest BCUT2D eigenvalue weighted by atomic mass is 10.0. The highest BCUT2D eigenvalue weighted by atomic mass is 127. The van der Waals surface area contributed by atoms with E-state index in [1.807, 2.05) is 12.1 Å². The Morgan fingerprint density at radius 3 is 2.83 bits per heavy atom. The fourth-order valence-electron chi connectivity index (χ4n) is 1.89. The normalized spacial score (nSPS) is 20.1. The van der Waals surface area contributed by atoms with Crippen molar-refractivity contribution in [3.8, 4) is 0 Å². The molecule has 1 fully saturated rings. The molecule has 1 atom stereocenters. The maximum absolute atomic E-state index is 11.9. The SMILES string of the molecule is CN1C(=O)CCC(Nc2ccc(N)cc2I)C1=O. The topological polar surface area (TPSA) is 75.4 Å². The number of imide groups is 1. The quantitative estimate of drug-likeness (QED) is 0.476. The van der Waals surface area contributed by atoms with E-state index in [0.29, 0.717) is 18.5 Å². The van der Waals surface area contributed by atoms with Gasteiger partial charge in [0.2, 0.25) is 5.91 Å². The zero-order chi connectivity index (χ0) is 13.3. The Hall–Kier alpha value is -1.31. The summed E-state index contributed by atoms with van der Waals surface area (Å²) in [6, 6.07) is 5.13. The zero-order valence-corrected chi connectivity index (χ0v) is 12.1. The third-order valence-corrected chi connectivity index (χ3v) is 3.87. The molecule has 0 radical (unpaired) electrons. The second kappa shape index (κ2) is 5.13. The summed E-state index contributed by atoms with van der Waals surface area (Å²) in [5.74, 6) is -0.302. The molecule has 0 spiro atoms. The Morgan fingerprint density at radius 1 is 1.44 bits per heavy atom. The van der Waals surface area contributed by atoms with Crippen LogP contribution in [0.1, 0.15) is 12.8 Å². The minimum atomic E-state index is -0.343. The fourth-order valence-corrected chi connectivity index (χ4v) is 2.58. The molecule has 18 heavy (non-hydrogen) atoms. The van der Waals surface area contributed by atoms with E-state index >= 15 is 0 Å². The maximum Gasteiger partial charge on any atom is 0.251 e. The monoisotopic (exact) mass is 359 g/mol. The van der Waals surface area contributed by atoms with Crippen molar-refractivity contribution in [2.45, 2.75) is 18.9 Å². The molecule has 0 aromatic heterocycles. The molecule has 5 nitrogen and oxygen atoms in total. The van der Waals surface area contributed by atoms with Crippen molar-refractivity contribution >= 4 is 45.8 Å². The molecule has 0 saturated carbocycles. The second-order valence-electron chi connectivity index (χ2n) is 4.27. The lowest BCUT2D eigenvalue weighted by Crippen LogP contribution is -2.48. The number of hydrogen-bond acceptors (Lipinski definition) is 4. The van der Waals surface area contributed by atoms with Crippen LogP contribution in [-0.4, -0.2) is 29.8 Å². The van der Waals surface area contributed by atoms with Crippen LogP contribution in [0.2, 0.25) is 0 Å². The predicted molar refractivity (Wildman–Crippen MR) is 78.0 cm³/mol. The Labute approximate surface area is 119 Å². The standard InChI is InChI=1S/C12H14IN3O2/c1-16-11(17)5-4-10(12(16)18)15-9-3-2-7(14)6-8(9)13/h2-3,6,10,15H,4-5,14H2,1H3. The first-order chi connectivity index (χ1) is 8.49. The van der Waals surface area contributed by atoms with Gasteiger partial charge in [0.25, 0.3) is 5.91 Å². The lowest BCUT2D eigenvalue weighted by molar-refractivity contribution is -0.146. The molecule has 1 saturated heterocycles. The lowest BCUT2D eigenvalue weighted by Gasteiger charge is -2.29. The number of rotatable bonds is 2. The molecule has 1 aliphatic heterocycles. The number of carbonyl (C=O) groups is 2. The number of amides is 2. The summed E-state index contributed by atoms with van der Waals surface area (Å²) in [6.45, 7) is 0. The average Bonchev–Trinajstić information content (AvgIpc) is 2.33. The van der Waals surface area contributed by atoms with Crippen LogP contribution in [0.3, 0.4) is 0 Å². The highest BCUT2D eigenvalue weighted by molar-refractivity contribution is 14.1. The van der Waals surface area contributed by atoms with Gasteiger partial charge in [-0.15, -0.1) is 0 Å². The highest BCUT2D eigenvalue weighted by Gasteiger charge is 2.31. The van der Waals surface area contributed by atoms with Gasteiger partial charge in [-0.2, -0.15) is 0 Å². The number of hydrogen-bond donors (Lipinski definition) is 2. The summed E-state index contributed by atoms with van der Waals surface area (Å²) >= 11 is 2.16. The minimum Gasteiger partial charge on any atom is -0.399 e. The molecular weight excluding hydrogens is 345 g/mol. The first-order valence-corrected chi connectivity index (χ1v) is 6.69. The van der Waals surface area contributed by atoms with Crippen LogP contribution in [0.25, 0.3) is 0 Å². The number of likely N-dealkylation sites (N-methyl/N-ethyl adjacent to an activating group) is 1. The maximum atomic E-state index is 11.9. The average molecular weight is 359 g/mol. The highest BCUT2D eigenvalue weighted by Crippen LogP contribution is 2.24. The molecule has 0 bridgehead atoms. The van der Waals surface area contributed by atoms with Gasteiger partial charge in [-0.25, -0.2) is 0 Å². The van der Waals surface area contributed by atoms with Crippen LogP contribution >= 0.6 is 22.6 Å². The third-order valence-electron chi connectivity index (χ3n) is 2.97. The molecule has 1 unspecified atom stereocenters. The van der Waals surface area contributed by atoms with Gasteiger partial charge in [0.1, 0.15) is 6.04 Å². The Balaban J connectivity index is 2.14. The molecule has 1 aliphatic rings. The van der Waals surface area contributed by atoms with Crippen molar-refractivity contribution in [3.05, 3.63) is 21.8 Å². The van der Waals surface area contributed by atoms with Crippen molar-refractivity contribution in [1.29, 1.82) is 0 Å². The smallest absolute Gasteiger partial charge is 0.251 e. The summed E-state index contributed by atoms with van der Waals surface area (Å²) < 4.78 is 0.958. The van der Waals surface area contributed by atoms with E-state index in [4.69, 9.17) is 5.73 Å². The van der Waals surface area contributed by atoms with Crippen LogP contribution in [0.15, 0.2) is 18.2 Å². The minimum absolute atomic E-state index is 0.120. The van der Waals surface area contributed by atoms with Gasteiger partial charge in [0.05, 0.1) is 0 Å². The summed E-state index contributed by atoms with van der Waals surface area (Å²) in [5, 5.41) is 3.17. The van der Waals surface area contributed by atoms with Gasteiger partial charge in [-0.05, 0) is 47.2 Å². The summed E-state index contributed by atoms with van der Waals surface area (Å²) in [6.07, 6.45) is 0.925. The molecule has 3 N–H and O–H groups in total. The molecule has 1 aromatic rings. The Bertz CT molecular complexity index is 504. The second-order valence-corrected chi connectivity index (χ2v) is 5.43. The van der Waals surface area contributed by atoms with Crippen LogP contribution in [-0.2, 0) is 9.59 Å². The molecule has 0 aliphatic carbocycles. The van der Waals surface area contributed by atoms with Gasteiger partial charge in [0.15, 0.2) is 0 Å². The van der Waals surface area contributed by atoms with Crippen LogP contribution in [0.5, 0.6) is 0 Å². The number of carbonyl (C=O) groups excluding carboxylic acids is 2. The predicted octanol–water partition coefficient (Wildman–Crippen LogP) is 1.43. The van der Waals surface area contributed by atoms with Crippen molar-refractivity contribution in [3.63, 3.8) is 0 Å². The van der Waals surface area contributed by atoms with Gasteiger partial charge in [-0.3, -0.25) is 14.5 Å². The number of halogens is 1. The number of nitrogen functional groups attached to an aromatic ring is 1. The first-order valence-electron chi connectivity index (χ1n) is 5.61. The number of anilines is 2. The van der Waals surface area contributed by atoms with Gasteiger partial charge >= 0.3 is 0 Å². The van der Waals surface area contributed by atoms with E-state index < -0.39 is 0 Å². The number of piperidine rings is 1. The molecule has 1 aromatic carbocycles. The largest absolute Gasteiger partial charge is 0.399 e. The van der Waals surface area contributed by atoms with Crippen LogP contribution in [0.4, 0.5) is 11.4 Å². The van der Waals surface area contributed by atoms with E-state index in [2.05, 4.69) is 27.9 Å². The number of benzene rings is 1. The number of nitrogens with one attached hydrogen (secondary N) is 1. The number of nitrogens with zero attached hydrogens (tertiary/aromatic N) is 1. The number of likely N-dealkylation sites (tertiary alicyclic amines) is 1. The van der Waals surface area contributed by atoms with E-state index in [1.165, 1.54) is 11.9 Å². The fraction of sp³-hybridized carbons (Fsp3) is 0.333. The van der Waals surface area contributed by atoms with E-state index in [9.17, 15) is 9.59 Å². The Morgan fingerprint density at radius 2 is 2.17 bits per heavy atom. The van der Waals surface area contributed by atoms with Gasteiger partial charge < -0.3 is 11.1 Å². The summed E-state index contributed by atoms with van der Waals surface area (Å²) in [4.78, 5) is 24.5. The van der Waals surface area contributed by atoms with Crippen molar-refractivity contribution in [1.82, 2.24) is 4.90 Å². The summed E-state index contributed by atoms with van der Waals surface area (Å²) in [7, 11) is 1.52. The van der Waals surface area contributed by atoms with Crippen LogP contribution in [0, 0.1) is 3.57 Å². The molecule has 2 rings (SSSR count). The van der Waals surface area contributed by atoms with Crippen LogP contribution < -0.4 is 11.1 Å². The first kappa shape index (κ1) is 13.1. The summed E-state index contributed by atoms with van der Waals surface area (Å²) in [5.41, 5.74) is 7.23. The third kappa shape index (κ3) is 2.58.